The topological polar surface area (TPSA) is 101 Å². The van der Waals surface area contributed by atoms with Gasteiger partial charge in [-0.3, -0.25) is 10.1 Å². The average molecular weight is 241 g/mol. The van der Waals surface area contributed by atoms with E-state index < -0.39 is 10.5 Å². The van der Waals surface area contributed by atoms with E-state index in [1.165, 1.54) is 19.2 Å². The van der Waals surface area contributed by atoms with Crippen LogP contribution < -0.4 is 15.2 Å². The second kappa shape index (κ2) is 4.96. The van der Waals surface area contributed by atoms with Crippen LogP contribution in [0.3, 0.4) is 0 Å². The molecule has 94 valence electrons. The van der Waals surface area contributed by atoms with Gasteiger partial charge in [0.05, 0.1) is 12.0 Å². The summed E-state index contributed by atoms with van der Waals surface area (Å²) in [4.78, 5) is 14.1. The summed E-state index contributed by atoms with van der Waals surface area (Å²) in [7, 11) is 1.42. The number of ether oxygens (including phenoxy) is 2. The highest BCUT2D eigenvalue weighted by Crippen LogP contribution is 2.27. The zero-order valence-electron chi connectivity index (χ0n) is 9.97. The van der Waals surface area contributed by atoms with E-state index in [0.717, 1.165) is 0 Å². The number of hydrogen-bond donors (Lipinski definition) is 1. The first-order valence-electron chi connectivity index (χ1n) is 4.94. The molecule has 2 N–H and O–H groups in total. The van der Waals surface area contributed by atoms with Crippen LogP contribution in [0.25, 0.3) is 0 Å². The van der Waals surface area contributed by atoms with Crippen molar-refractivity contribution in [3.05, 3.63) is 22.2 Å². The van der Waals surface area contributed by atoms with Crippen molar-refractivity contribution in [2.45, 2.75) is 19.4 Å². The van der Waals surface area contributed by atoms with Gasteiger partial charge in [0.15, 0.2) is 0 Å². The molecule has 1 aromatic rings. The van der Waals surface area contributed by atoms with Crippen molar-refractivity contribution in [3.63, 3.8) is 0 Å². The van der Waals surface area contributed by atoms with Crippen LogP contribution in [0.15, 0.2) is 12.1 Å². The van der Waals surface area contributed by atoms with Crippen molar-refractivity contribution in [1.82, 2.24) is 4.98 Å². The molecule has 0 spiro atoms. The lowest BCUT2D eigenvalue weighted by atomic mass is 10.1. The normalized spacial score (nSPS) is 11.1. The molecule has 0 unspecified atom stereocenters. The van der Waals surface area contributed by atoms with Crippen molar-refractivity contribution in [3.8, 4) is 11.8 Å². The van der Waals surface area contributed by atoms with Gasteiger partial charge in [0.1, 0.15) is 6.61 Å². The van der Waals surface area contributed by atoms with Gasteiger partial charge < -0.3 is 15.2 Å². The van der Waals surface area contributed by atoms with Gasteiger partial charge in [-0.1, -0.05) is 0 Å². The fourth-order valence-corrected chi connectivity index (χ4v) is 1.03. The highest BCUT2D eigenvalue weighted by atomic mass is 16.6. The van der Waals surface area contributed by atoms with Crippen LogP contribution >= 0.6 is 0 Å². The molecular formula is C10H15N3O4. The largest absolute Gasteiger partial charge is 0.481 e. The molecule has 0 atom stereocenters. The van der Waals surface area contributed by atoms with E-state index in [1.54, 1.807) is 13.8 Å². The minimum Gasteiger partial charge on any atom is -0.481 e. The van der Waals surface area contributed by atoms with Gasteiger partial charge in [-0.25, -0.2) is 0 Å². The Morgan fingerprint density at radius 2 is 2.18 bits per heavy atom. The number of methoxy groups -OCH3 is 1. The Morgan fingerprint density at radius 3 is 2.65 bits per heavy atom. The minimum atomic E-state index is -0.599. The first kappa shape index (κ1) is 13.2. The van der Waals surface area contributed by atoms with Gasteiger partial charge >= 0.3 is 5.69 Å². The van der Waals surface area contributed by atoms with E-state index >= 15 is 0 Å². The molecule has 0 saturated carbocycles. The van der Waals surface area contributed by atoms with E-state index in [-0.39, 0.29) is 24.1 Å². The van der Waals surface area contributed by atoms with Crippen LogP contribution in [0.2, 0.25) is 0 Å². The predicted octanol–water partition coefficient (Wildman–Crippen LogP) is 1.11. The van der Waals surface area contributed by atoms with E-state index in [1.807, 2.05) is 0 Å². The van der Waals surface area contributed by atoms with Crippen molar-refractivity contribution in [1.29, 1.82) is 0 Å². The van der Waals surface area contributed by atoms with E-state index in [2.05, 4.69) is 4.98 Å². The number of aromatic nitrogens is 1. The number of rotatable bonds is 5. The molecule has 0 radical (unpaired) electrons. The maximum atomic E-state index is 10.8. The minimum absolute atomic E-state index is 0.0899. The van der Waals surface area contributed by atoms with Crippen molar-refractivity contribution in [2.24, 2.45) is 5.73 Å². The Morgan fingerprint density at radius 1 is 1.53 bits per heavy atom. The first-order chi connectivity index (χ1) is 7.83. The number of pyridine rings is 1. The third-order valence-electron chi connectivity index (χ3n) is 1.80. The number of nitrogens with two attached hydrogens (primary N) is 1. The number of hydrogen-bond acceptors (Lipinski definition) is 6. The van der Waals surface area contributed by atoms with Crippen molar-refractivity contribution >= 4 is 5.69 Å². The van der Waals surface area contributed by atoms with Crippen molar-refractivity contribution in [2.75, 3.05) is 13.7 Å². The second-order valence-corrected chi connectivity index (χ2v) is 4.21. The molecule has 0 aliphatic carbocycles. The summed E-state index contributed by atoms with van der Waals surface area (Å²) in [6, 6.07) is 2.68. The molecule has 7 nitrogen and oxygen atoms in total. The SMILES string of the molecule is COc1ccc([N+](=O)[O-])c(OCC(C)(C)N)n1. The molecule has 0 bridgehead atoms. The van der Waals surface area contributed by atoms with Gasteiger partial charge in [-0.15, -0.1) is 0 Å². The summed E-state index contributed by atoms with van der Waals surface area (Å²) in [6.07, 6.45) is 0. The zero-order valence-corrected chi connectivity index (χ0v) is 9.97. The van der Waals surface area contributed by atoms with Gasteiger partial charge in [0, 0.05) is 17.7 Å². The Bertz CT molecular complexity index is 415. The molecule has 0 fully saturated rings. The average Bonchev–Trinajstić information content (AvgIpc) is 2.24. The van der Waals surface area contributed by atoms with E-state index in [4.69, 9.17) is 15.2 Å². The molecule has 1 rings (SSSR count). The smallest absolute Gasteiger partial charge is 0.331 e. The molecule has 1 heterocycles. The molecule has 7 heteroatoms. The predicted molar refractivity (Wildman–Crippen MR) is 61.2 cm³/mol. The zero-order chi connectivity index (χ0) is 13.1. The van der Waals surface area contributed by atoms with Gasteiger partial charge in [0.2, 0.25) is 5.88 Å². The van der Waals surface area contributed by atoms with Crippen LogP contribution in [-0.2, 0) is 0 Å². The van der Waals surface area contributed by atoms with Crippen LogP contribution in [0.4, 0.5) is 5.69 Å². The quantitative estimate of drug-likeness (QED) is 0.612. The Hall–Kier alpha value is -1.89. The standard InChI is InChI=1S/C10H15N3O4/c1-10(2,11)6-17-9-7(13(14)15)4-5-8(12-9)16-3/h4-5H,6,11H2,1-3H3. The van der Waals surface area contributed by atoms with Gasteiger partial charge in [-0.2, -0.15) is 4.98 Å². The lowest BCUT2D eigenvalue weighted by Crippen LogP contribution is -2.38. The first-order valence-corrected chi connectivity index (χ1v) is 4.94. The summed E-state index contributed by atoms with van der Waals surface area (Å²) in [5.41, 5.74) is 4.91. The third kappa shape index (κ3) is 3.87. The van der Waals surface area contributed by atoms with Crippen LogP contribution in [0, 0.1) is 10.1 Å². The van der Waals surface area contributed by atoms with E-state index in [9.17, 15) is 10.1 Å². The Labute approximate surface area is 98.7 Å². The fraction of sp³-hybridized carbons (Fsp3) is 0.500. The summed E-state index contributed by atoms with van der Waals surface area (Å²) in [6.45, 7) is 3.62. The highest BCUT2D eigenvalue weighted by molar-refractivity contribution is 5.43. The van der Waals surface area contributed by atoms with Gasteiger partial charge in [-0.05, 0) is 13.8 Å². The Balaban J connectivity index is 2.97. The van der Waals surface area contributed by atoms with Crippen molar-refractivity contribution < 1.29 is 14.4 Å². The van der Waals surface area contributed by atoms with Crippen LogP contribution in [0.5, 0.6) is 11.8 Å². The maximum Gasteiger partial charge on any atom is 0.331 e. The molecule has 0 aliphatic rings. The number of nitrogens with zero attached hydrogens (tertiary/aromatic N) is 2. The Kier molecular flexibility index (Phi) is 3.84. The molecule has 0 aliphatic heterocycles. The second-order valence-electron chi connectivity index (χ2n) is 4.21. The molecule has 0 saturated heterocycles. The number of nitro groups is 1. The maximum absolute atomic E-state index is 10.8. The van der Waals surface area contributed by atoms with Gasteiger partial charge in [0.25, 0.3) is 5.88 Å². The summed E-state index contributed by atoms with van der Waals surface area (Å²) < 4.78 is 10.1. The molecule has 1 aromatic heterocycles. The molecular weight excluding hydrogens is 226 g/mol. The fourth-order valence-electron chi connectivity index (χ4n) is 1.03. The highest BCUT2D eigenvalue weighted by Gasteiger charge is 2.20. The van der Waals surface area contributed by atoms with Crippen LogP contribution in [-0.4, -0.2) is 29.2 Å². The van der Waals surface area contributed by atoms with E-state index in [0.29, 0.717) is 0 Å². The molecule has 0 amide bonds. The monoisotopic (exact) mass is 241 g/mol. The lowest BCUT2D eigenvalue weighted by molar-refractivity contribution is -0.386. The summed E-state index contributed by atoms with van der Waals surface area (Å²) in [5.74, 6) is 0.160. The lowest BCUT2D eigenvalue weighted by Gasteiger charge is -2.18. The molecule has 17 heavy (non-hydrogen) atoms. The molecule has 0 aromatic carbocycles. The van der Waals surface area contributed by atoms with Crippen LogP contribution in [0.1, 0.15) is 13.8 Å². The summed E-state index contributed by atoms with van der Waals surface area (Å²) in [5, 5.41) is 10.8. The third-order valence-corrected chi connectivity index (χ3v) is 1.80. The summed E-state index contributed by atoms with van der Waals surface area (Å²) >= 11 is 0.